The molecule has 0 saturated heterocycles. The molecule has 0 aliphatic carbocycles. The third kappa shape index (κ3) is 4.71. The van der Waals surface area contributed by atoms with Crippen LogP contribution in [-0.2, 0) is 4.74 Å². The molecule has 5 heteroatoms. The summed E-state index contributed by atoms with van der Waals surface area (Å²) < 4.78 is 11.1. The van der Waals surface area contributed by atoms with Crippen LogP contribution in [0.4, 0.5) is 5.69 Å². The van der Waals surface area contributed by atoms with Gasteiger partial charge in [-0.15, -0.1) is 0 Å². The molecular weight excluding hydrogens is 292 g/mol. The minimum Gasteiger partial charge on any atom is -0.457 e. The molecule has 0 amide bonds. The maximum Gasteiger partial charge on any atom is 0.357 e. The normalized spacial score (nSPS) is 11.0. The first kappa shape index (κ1) is 16.8. The summed E-state index contributed by atoms with van der Waals surface area (Å²) in [6.45, 7) is 7.45. The lowest BCUT2D eigenvalue weighted by molar-refractivity contribution is 0.00625. The standard InChI is InChI=1S/C18H22N2O3/c1-12-10-13(6-7-15(12)19-5)22-14-8-9-20-16(11-14)17(21)23-18(2,3)4/h6-11,19H,1-5H3. The number of carbonyl (C=O) groups excluding carboxylic acids is 1. The number of pyridine rings is 1. The highest BCUT2D eigenvalue weighted by Crippen LogP contribution is 2.26. The summed E-state index contributed by atoms with van der Waals surface area (Å²) in [6, 6.07) is 9.02. The Morgan fingerprint density at radius 2 is 1.83 bits per heavy atom. The van der Waals surface area contributed by atoms with E-state index >= 15 is 0 Å². The molecular formula is C18H22N2O3. The van der Waals surface area contributed by atoms with Gasteiger partial charge in [0.1, 0.15) is 17.1 Å². The van der Waals surface area contributed by atoms with E-state index in [4.69, 9.17) is 9.47 Å². The van der Waals surface area contributed by atoms with Crippen LogP contribution < -0.4 is 10.1 Å². The minimum atomic E-state index is -0.560. The molecule has 122 valence electrons. The van der Waals surface area contributed by atoms with E-state index in [0.29, 0.717) is 11.5 Å². The molecule has 5 nitrogen and oxygen atoms in total. The number of aromatic nitrogens is 1. The summed E-state index contributed by atoms with van der Waals surface area (Å²) >= 11 is 0. The molecule has 0 aliphatic rings. The number of hydrogen-bond acceptors (Lipinski definition) is 5. The van der Waals surface area contributed by atoms with Crippen molar-refractivity contribution in [2.24, 2.45) is 0 Å². The number of aryl methyl sites for hydroxylation is 1. The quantitative estimate of drug-likeness (QED) is 0.858. The van der Waals surface area contributed by atoms with Gasteiger partial charge in [-0.3, -0.25) is 0 Å². The van der Waals surface area contributed by atoms with Crippen LogP contribution in [0.3, 0.4) is 0 Å². The zero-order valence-corrected chi connectivity index (χ0v) is 14.1. The van der Waals surface area contributed by atoms with Gasteiger partial charge >= 0.3 is 5.97 Å². The molecule has 0 atom stereocenters. The zero-order chi connectivity index (χ0) is 17.0. The largest absolute Gasteiger partial charge is 0.457 e. The topological polar surface area (TPSA) is 60.5 Å². The van der Waals surface area contributed by atoms with Gasteiger partial charge in [0.2, 0.25) is 0 Å². The third-order valence-electron chi connectivity index (χ3n) is 3.04. The lowest BCUT2D eigenvalue weighted by Crippen LogP contribution is -2.24. The fraction of sp³-hybridized carbons (Fsp3) is 0.333. The first-order valence-corrected chi connectivity index (χ1v) is 7.44. The summed E-state index contributed by atoms with van der Waals surface area (Å²) in [5, 5.41) is 3.11. The zero-order valence-electron chi connectivity index (χ0n) is 14.1. The minimum absolute atomic E-state index is 0.223. The number of rotatable bonds is 4. The van der Waals surface area contributed by atoms with Crippen LogP contribution in [0.25, 0.3) is 0 Å². The number of esters is 1. The maximum absolute atomic E-state index is 12.1. The Morgan fingerprint density at radius 3 is 2.43 bits per heavy atom. The highest BCUT2D eigenvalue weighted by Gasteiger charge is 2.19. The fourth-order valence-electron chi connectivity index (χ4n) is 2.03. The molecule has 23 heavy (non-hydrogen) atoms. The molecule has 2 rings (SSSR count). The predicted octanol–water partition coefficient (Wildman–Crippen LogP) is 4.18. The van der Waals surface area contributed by atoms with Crippen LogP contribution in [0.2, 0.25) is 0 Å². The van der Waals surface area contributed by atoms with E-state index in [-0.39, 0.29) is 5.69 Å². The van der Waals surface area contributed by atoms with Gasteiger partial charge in [0.25, 0.3) is 0 Å². The van der Waals surface area contributed by atoms with Crippen LogP contribution >= 0.6 is 0 Å². The van der Waals surface area contributed by atoms with Crippen molar-refractivity contribution < 1.29 is 14.3 Å². The number of nitrogens with zero attached hydrogens (tertiary/aromatic N) is 1. The van der Waals surface area contributed by atoms with Crippen LogP contribution in [0.15, 0.2) is 36.5 Å². The molecule has 0 saturated carbocycles. The molecule has 0 radical (unpaired) electrons. The Kier molecular flexibility index (Phi) is 4.89. The van der Waals surface area contributed by atoms with Crippen molar-refractivity contribution in [3.05, 3.63) is 47.8 Å². The van der Waals surface area contributed by atoms with E-state index in [1.807, 2.05) is 52.9 Å². The Balaban J connectivity index is 2.17. The van der Waals surface area contributed by atoms with Gasteiger partial charge in [-0.05, 0) is 57.5 Å². The summed E-state index contributed by atoms with van der Waals surface area (Å²) in [6.07, 6.45) is 1.53. The summed E-state index contributed by atoms with van der Waals surface area (Å²) in [4.78, 5) is 16.1. The average molecular weight is 314 g/mol. The van der Waals surface area contributed by atoms with Crippen molar-refractivity contribution in [3.63, 3.8) is 0 Å². The lowest BCUT2D eigenvalue weighted by Gasteiger charge is -2.19. The first-order valence-electron chi connectivity index (χ1n) is 7.44. The Hall–Kier alpha value is -2.56. The molecule has 1 aromatic carbocycles. The van der Waals surface area contributed by atoms with Gasteiger partial charge in [-0.2, -0.15) is 0 Å². The third-order valence-corrected chi connectivity index (χ3v) is 3.04. The molecule has 1 heterocycles. The van der Waals surface area contributed by atoms with Crippen molar-refractivity contribution in [1.82, 2.24) is 4.98 Å². The van der Waals surface area contributed by atoms with Gasteiger partial charge in [0.05, 0.1) is 0 Å². The van der Waals surface area contributed by atoms with E-state index < -0.39 is 11.6 Å². The Labute approximate surface area is 136 Å². The highest BCUT2D eigenvalue weighted by molar-refractivity contribution is 5.87. The van der Waals surface area contributed by atoms with Crippen LogP contribution in [0.5, 0.6) is 11.5 Å². The van der Waals surface area contributed by atoms with E-state index in [1.165, 1.54) is 6.20 Å². The SMILES string of the molecule is CNc1ccc(Oc2ccnc(C(=O)OC(C)(C)C)c2)cc1C. The summed E-state index contributed by atoms with van der Waals surface area (Å²) in [5.41, 5.74) is 1.78. The predicted molar refractivity (Wildman–Crippen MR) is 90.2 cm³/mol. The molecule has 0 fully saturated rings. The van der Waals surface area contributed by atoms with Crippen molar-refractivity contribution in [2.75, 3.05) is 12.4 Å². The second kappa shape index (κ2) is 6.69. The highest BCUT2D eigenvalue weighted by atomic mass is 16.6. The monoisotopic (exact) mass is 314 g/mol. The average Bonchev–Trinajstić information content (AvgIpc) is 2.46. The van der Waals surface area contributed by atoms with Crippen molar-refractivity contribution in [1.29, 1.82) is 0 Å². The molecule has 0 aliphatic heterocycles. The van der Waals surface area contributed by atoms with E-state index in [0.717, 1.165) is 11.3 Å². The molecule has 0 unspecified atom stereocenters. The van der Waals surface area contributed by atoms with E-state index in [2.05, 4.69) is 10.3 Å². The lowest BCUT2D eigenvalue weighted by atomic mass is 10.2. The molecule has 1 aromatic heterocycles. The van der Waals surface area contributed by atoms with Gasteiger partial charge in [-0.25, -0.2) is 9.78 Å². The van der Waals surface area contributed by atoms with Crippen molar-refractivity contribution in [3.8, 4) is 11.5 Å². The molecule has 1 N–H and O–H groups in total. The Morgan fingerprint density at radius 1 is 1.13 bits per heavy atom. The summed E-state index contributed by atoms with van der Waals surface area (Å²) in [7, 11) is 1.87. The fourth-order valence-corrected chi connectivity index (χ4v) is 2.03. The molecule has 0 spiro atoms. The van der Waals surface area contributed by atoms with Crippen molar-refractivity contribution in [2.45, 2.75) is 33.3 Å². The van der Waals surface area contributed by atoms with E-state index in [9.17, 15) is 4.79 Å². The smallest absolute Gasteiger partial charge is 0.357 e. The number of ether oxygens (including phenoxy) is 2. The number of benzene rings is 1. The second-order valence-electron chi connectivity index (χ2n) is 6.21. The van der Waals surface area contributed by atoms with Gasteiger partial charge < -0.3 is 14.8 Å². The van der Waals surface area contributed by atoms with Crippen LogP contribution in [0.1, 0.15) is 36.8 Å². The second-order valence-corrected chi connectivity index (χ2v) is 6.21. The van der Waals surface area contributed by atoms with Crippen molar-refractivity contribution >= 4 is 11.7 Å². The van der Waals surface area contributed by atoms with Gasteiger partial charge in [0.15, 0.2) is 5.69 Å². The number of anilines is 1. The Bertz CT molecular complexity index is 706. The van der Waals surface area contributed by atoms with Crippen LogP contribution in [-0.4, -0.2) is 23.6 Å². The maximum atomic E-state index is 12.1. The van der Waals surface area contributed by atoms with Gasteiger partial charge in [-0.1, -0.05) is 0 Å². The number of carbonyl (C=O) groups is 1. The number of hydrogen-bond donors (Lipinski definition) is 1. The molecule has 2 aromatic rings. The van der Waals surface area contributed by atoms with E-state index in [1.54, 1.807) is 12.1 Å². The number of nitrogens with one attached hydrogen (secondary N) is 1. The summed E-state index contributed by atoms with van der Waals surface area (Å²) in [5.74, 6) is 0.768. The molecule has 0 bridgehead atoms. The van der Waals surface area contributed by atoms with Crippen LogP contribution in [0, 0.1) is 6.92 Å². The van der Waals surface area contributed by atoms with Gasteiger partial charge in [0, 0.05) is 25.0 Å². The first-order chi connectivity index (χ1) is 10.8.